The lowest BCUT2D eigenvalue weighted by atomic mass is 10.1. The van der Waals surface area contributed by atoms with Crippen LogP contribution in [0.25, 0.3) is 0 Å². The van der Waals surface area contributed by atoms with E-state index in [2.05, 4.69) is 27.3 Å². The van der Waals surface area contributed by atoms with Gasteiger partial charge in [-0.05, 0) is 30.2 Å². The number of benzene rings is 2. The lowest BCUT2D eigenvalue weighted by Gasteiger charge is -2.22. The number of likely N-dealkylation sites (tertiary alicyclic amines) is 1. The van der Waals surface area contributed by atoms with Gasteiger partial charge in [-0.3, -0.25) is 4.99 Å². The van der Waals surface area contributed by atoms with E-state index in [1.807, 2.05) is 24.3 Å². The van der Waals surface area contributed by atoms with E-state index in [9.17, 15) is 4.39 Å². The highest BCUT2D eigenvalue weighted by molar-refractivity contribution is 5.80. The van der Waals surface area contributed by atoms with Crippen LogP contribution in [0.3, 0.4) is 0 Å². The summed E-state index contributed by atoms with van der Waals surface area (Å²) in [5, 5.41) is 12.2. The highest BCUT2D eigenvalue weighted by Crippen LogP contribution is 2.18. The molecule has 0 radical (unpaired) electrons. The van der Waals surface area contributed by atoms with E-state index >= 15 is 0 Å². The molecule has 1 N–H and O–H groups in total. The van der Waals surface area contributed by atoms with Gasteiger partial charge >= 0.3 is 0 Å². The minimum atomic E-state index is -0.324. The fraction of sp³-hybridized carbons (Fsp3) is 0.364. The lowest BCUT2D eigenvalue weighted by molar-refractivity contribution is 0.0906. The van der Waals surface area contributed by atoms with Gasteiger partial charge in [-0.2, -0.15) is 5.26 Å². The lowest BCUT2D eigenvalue weighted by Crippen LogP contribution is -2.40. The van der Waals surface area contributed by atoms with Gasteiger partial charge in [0, 0.05) is 38.2 Å². The van der Waals surface area contributed by atoms with Crippen molar-refractivity contribution in [2.45, 2.75) is 19.6 Å². The summed E-state index contributed by atoms with van der Waals surface area (Å²) in [6.07, 6.45) is 1.04. The van der Waals surface area contributed by atoms with E-state index in [0.29, 0.717) is 36.8 Å². The third kappa shape index (κ3) is 5.30. The number of aliphatic imine (C=N–C) groups is 1. The van der Waals surface area contributed by atoms with E-state index in [1.54, 1.807) is 13.1 Å². The SMILES string of the molecule is CN=C(NCc1cc(C#N)ccc1F)N1CCC(COCc2ccccc2)C1. The molecule has 1 unspecified atom stereocenters. The number of rotatable bonds is 6. The van der Waals surface area contributed by atoms with Crippen molar-refractivity contribution in [2.75, 3.05) is 26.7 Å². The second kappa shape index (κ2) is 9.86. The Morgan fingerprint density at radius 1 is 1.32 bits per heavy atom. The predicted molar refractivity (Wildman–Crippen MR) is 107 cm³/mol. The summed E-state index contributed by atoms with van der Waals surface area (Å²) in [6.45, 7) is 3.37. The monoisotopic (exact) mass is 380 g/mol. The highest BCUT2D eigenvalue weighted by atomic mass is 19.1. The van der Waals surface area contributed by atoms with Gasteiger partial charge in [-0.15, -0.1) is 0 Å². The number of ether oxygens (including phenoxy) is 1. The molecule has 146 valence electrons. The topological polar surface area (TPSA) is 60.7 Å². The summed E-state index contributed by atoms with van der Waals surface area (Å²) in [4.78, 5) is 6.49. The van der Waals surface area contributed by atoms with Crippen molar-refractivity contribution in [1.29, 1.82) is 5.26 Å². The highest BCUT2D eigenvalue weighted by Gasteiger charge is 2.25. The Hall–Kier alpha value is -2.91. The number of halogens is 1. The minimum absolute atomic E-state index is 0.291. The molecule has 0 aromatic heterocycles. The molecule has 1 aliphatic rings. The maximum Gasteiger partial charge on any atom is 0.193 e. The Kier molecular flexibility index (Phi) is 6.99. The molecule has 0 bridgehead atoms. The van der Waals surface area contributed by atoms with E-state index in [4.69, 9.17) is 10.00 Å². The summed E-state index contributed by atoms with van der Waals surface area (Å²) >= 11 is 0. The molecule has 1 atom stereocenters. The second-order valence-corrected chi connectivity index (χ2v) is 6.92. The second-order valence-electron chi connectivity index (χ2n) is 6.92. The first-order valence-corrected chi connectivity index (χ1v) is 9.45. The minimum Gasteiger partial charge on any atom is -0.376 e. The molecule has 1 saturated heterocycles. The van der Waals surface area contributed by atoms with Crippen LogP contribution in [-0.4, -0.2) is 37.6 Å². The van der Waals surface area contributed by atoms with Gasteiger partial charge < -0.3 is 15.0 Å². The molecule has 6 heteroatoms. The van der Waals surface area contributed by atoms with Gasteiger partial charge in [-0.1, -0.05) is 30.3 Å². The fourth-order valence-corrected chi connectivity index (χ4v) is 3.37. The van der Waals surface area contributed by atoms with Crippen LogP contribution >= 0.6 is 0 Å². The first kappa shape index (κ1) is 19.8. The summed E-state index contributed by atoms with van der Waals surface area (Å²) in [5.74, 6) is 0.865. The van der Waals surface area contributed by atoms with Gasteiger partial charge in [-0.25, -0.2) is 4.39 Å². The fourth-order valence-electron chi connectivity index (χ4n) is 3.37. The molecule has 2 aromatic rings. The molecule has 0 spiro atoms. The van der Waals surface area contributed by atoms with Crippen LogP contribution in [0.4, 0.5) is 4.39 Å². The largest absolute Gasteiger partial charge is 0.376 e. The van der Waals surface area contributed by atoms with Gasteiger partial charge in [0.15, 0.2) is 5.96 Å². The molecule has 1 fully saturated rings. The zero-order chi connectivity index (χ0) is 19.8. The van der Waals surface area contributed by atoms with Gasteiger partial charge in [0.2, 0.25) is 0 Å². The molecule has 1 aliphatic heterocycles. The van der Waals surface area contributed by atoms with Crippen LogP contribution in [0.1, 0.15) is 23.1 Å². The summed E-state index contributed by atoms with van der Waals surface area (Å²) < 4.78 is 19.8. The molecule has 0 saturated carbocycles. The molecule has 2 aromatic carbocycles. The van der Waals surface area contributed by atoms with E-state index in [0.717, 1.165) is 25.5 Å². The molecule has 0 aliphatic carbocycles. The summed E-state index contributed by atoms with van der Waals surface area (Å²) in [5.41, 5.74) is 2.09. The maximum absolute atomic E-state index is 14.0. The first-order chi connectivity index (χ1) is 13.7. The number of hydrogen-bond donors (Lipinski definition) is 1. The number of nitriles is 1. The van der Waals surface area contributed by atoms with Crippen LogP contribution < -0.4 is 5.32 Å². The van der Waals surface area contributed by atoms with E-state index in [1.165, 1.54) is 17.7 Å². The first-order valence-electron chi connectivity index (χ1n) is 9.45. The standard InChI is InChI=1S/C22H25FN4O/c1-25-22(26-13-20-11-18(12-24)7-8-21(20)23)27-10-9-19(14-27)16-28-15-17-5-3-2-4-6-17/h2-8,11,19H,9-10,13-16H2,1H3,(H,25,26). The zero-order valence-electron chi connectivity index (χ0n) is 16.1. The molecular weight excluding hydrogens is 355 g/mol. The molecule has 3 rings (SSSR count). The Morgan fingerprint density at radius 2 is 2.14 bits per heavy atom. The third-order valence-corrected chi connectivity index (χ3v) is 4.87. The smallest absolute Gasteiger partial charge is 0.193 e. The van der Waals surface area contributed by atoms with Crippen molar-refractivity contribution in [3.63, 3.8) is 0 Å². The van der Waals surface area contributed by atoms with Crippen molar-refractivity contribution in [2.24, 2.45) is 10.9 Å². The van der Waals surface area contributed by atoms with Gasteiger partial charge in [0.1, 0.15) is 5.82 Å². The van der Waals surface area contributed by atoms with Crippen molar-refractivity contribution < 1.29 is 9.13 Å². The van der Waals surface area contributed by atoms with Crippen molar-refractivity contribution in [3.05, 3.63) is 71.0 Å². The van der Waals surface area contributed by atoms with Crippen molar-refractivity contribution >= 4 is 5.96 Å². The molecule has 5 nitrogen and oxygen atoms in total. The van der Waals surface area contributed by atoms with Crippen LogP contribution in [0, 0.1) is 23.1 Å². The van der Waals surface area contributed by atoms with Gasteiger partial charge in [0.05, 0.1) is 24.8 Å². The van der Waals surface area contributed by atoms with Crippen LogP contribution in [-0.2, 0) is 17.9 Å². The normalized spacial score (nSPS) is 16.8. The van der Waals surface area contributed by atoms with Crippen molar-refractivity contribution in [3.8, 4) is 6.07 Å². The maximum atomic E-state index is 14.0. The van der Waals surface area contributed by atoms with Crippen LogP contribution in [0.5, 0.6) is 0 Å². The number of nitrogens with zero attached hydrogens (tertiary/aromatic N) is 3. The summed E-state index contributed by atoms with van der Waals surface area (Å²) in [7, 11) is 1.73. The number of hydrogen-bond acceptors (Lipinski definition) is 3. The Morgan fingerprint density at radius 3 is 2.89 bits per heavy atom. The Bertz CT molecular complexity index is 847. The Balaban J connectivity index is 1.47. The third-order valence-electron chi connectivity index (χ3n) is 4.87. The molecule has 1 heterocycles. The summed E-state index contributed by atoms with van der Waals surface area (Å²) in [6, 6.07) is 16.6. The average Bonchev–Trinajstić information content (AvgIpc) is 3.19. The van der Waals surface area contributed by atoms with E-state index in [-0.39, 0.29) is 5.82 Å². The van der Waals surface area contributed by atoms with Crippen LogP contribution in [0.2, 0.25) is 0 Å². The Labute approximate surface area is 165 Å². The predicted octanol–water partition coefficient (Wildman–Crippen LogP) is 3.31. The quantitative estimate of drug-likeness (QED) is 0.617. The zero-order valence-corrected chi connectivity index (χ0v) is 16.1. The number of guanidine groups is 1. The molecule has 28 heavy (non-hydrogen) atoms. The average molecular weight is 380 g/mol. The molecular formula is C22H25FN4O. The molecule has 0 amide bonds. The van der Waals surface area contributed by atoms with E-state index < -0.39 is 0 Å². The number of nitrogens with one attached hydrogen (secondary N) is 1. The van der Waals surface area contributed by atoms with Gasteiger partial charge in [0.25, 0.3) is 0 Å². The van der Waals surface area contributed by atoms with Crippen LogP contribution in [0.15, 0.2) is 53.5 Å². The van der Waals surface area contributed by atoms with Crippen molar-refractivity contribution in [1.82, 2.24) is 10.2 Å².